The molecule has 0 fully saturated rings. The Morgan fingerprint density at radius 1 is 0.632 bits per heavy atom. The summed E-state index contributed by atoms with van der Waals surface area (Å²) >= 11 is 0. The average Bonchev–Trinajstić information content (AvgIpc) is 2.39. The van der Waals surface area contributed by atoms with Crippen LogP contribution in [0.1, 0.15) is 23.2 Å². The van der Waals surface area contributed by atoms with Crippen molar-refractivity contribution in [2.45, 2.75) is 12.1 Å². The van der Waals surface area contributed by atoms with Crippen LogP contribution in [-0.2, 0) is 21.1 Å². The molecule has 0 radical (unpaired) electrons. The summed E-state index contributed by atoms with van der Waals surface area (Å²) in [6.45, 7) is 0. The van der Waals surface area contributed by atoms with Gasteiger partial charge in [0, 0.05) is 33.1 Å². The number of phenolic OH excluding ortho intramolecular Hbond substituents is 2. The van der Waals surface area contributed by atoms with E-state index in [-0.39, 0.29) is 44.6 Å². The van der Waals surface area contributed by atoms with Crippen molar-refractivity contribution in [3.05, 3.63) is 59.7 Å². The SMILES string of the molecule is NC(c1ccc(O)cc1)C(N)c1ccc(O)cc1.[Pt]. The van der Waals surface area contributed by atoms with Gasteiger partial charge in [-0.3, -0.25) is 0 Å². The largest absolute Gasteiger partial charge is 0.508 e. The fourth-order valence-corrected chi connectivity index (χ4v) is 1.81. The molecule has 0 saturated heterocycles. The topological polar surface area (TPSA) is 92.5 Å². The predicted molar refractivity (Wildman–Crippen MR) is 70.1 cm³/mol. The second kappa shape index (κ2) is 6.71. The summed E-state index contributed by atoms with van der Waals surface area (Å²) in [7, 11) is 0. The molecule has 19 heavy (non-hydrogen) atoms. The third kappa shape index (κ3) is 3.80. The fraction of sp³-hybridized carbons (Fsp3) is 0.143. The van der Waals surface area contributed by atoms with Gasteiger partial charge >= 0.3 is 0 Å². The molecule has 0 saturated carbocycles. The molecule has 5 heteroatoms. The number of rotatable bonds is 3. The summed E-state index contributed by atoms with van der Waals surface area (Å²) in [4.78, 5) is 0. The Labute approximate surface area is 126 Å². The molecular weight excluding hydrogens is 423 g/mol. The van der Waals surface area contributed by atoms with Gasteiger partial charge in [0.2, 0.25) is 0 Å². The monoisotopic (exact) mass is 439 g/mol. The number of phenols is 2. The summed E-state index contributed by atoms with van der Waals surface area (Å²) in [5.74, 6) is 0.397. The zero-order valence-electron chi connectivity index (χ0n) is 10.1. The van der Waals surface area contributed by atoms with Crippen LogP contribution in [0, 0.1) is 0 Å². The Kier molecular flexibility index (Phi) is 5.55. The van der Waals surface area contributed by atoms with E-state index in [1.54, 1.807) is 48.5 Å². The molecule has 104 valence electrons. The minimum Gasteiger partial charge on any atom is -0.508 e. The number of nitrogens with two attached hydrogens (primary N) is 2. The number of hydrogen-bond acceptors (Lipinski definition) is 4. The zero-order valence-corrected chi connectivity index (χ0v) is 12.4. The van der Waals surface area contributed by atoms with Gasteiger partial charge in [0.15, 0.2) is 0 Å². The second-order valence-corrected chi connectivity index (χ2v) is 4.23. The number of hydrogen-bond donors (Lipinski definition) is 4. The molecule has 2 atom stereocenters. The van der Waals surface area contributed by atoms with Crippen LogP contribution in [0.3, 0.4) is 0 Å². The molecule has 2 rings (SSSR count). The van der Waals surface area contributed by atoms with E-state index in [0.29, 0.717) is 0 Å². The van der Waals surface area contributed by atoms with E-state index in [0.717, 1.165) is 11.1 Å². The van der Waals surface area contributed by atoms with Crippen LogP contribution in [0.2, 0.25) is 0 Å². The van der Waals surface area contributed by atoms with E-state index in [4.69, 9.17) is 11.5 Å². The Bertz CT molecular complexity index is 464. The standard InChI is InChI=1S/C14H16N2O2.Pt/c15-13(9-1-5-11(17)6-2-9)14(16)10-3-7-12(18)8-4-10;/h1-8,13-14,17-18H,15-16H2;. The van der Waals surface area contributed by atoms with Gasteiger partial charge in [-0.2, -0.15) is 0 Å². The van der Waals surface area contributed by atoms with Crippen LogP contribution in [0.25, 0.3) is 0 Å². The number of benzene rings is 2. The van der Waals surface area contributed by atoms with E-state index >= 15 is 0 Å². The van der Waals surface area contributed by atoms with Gasteiger partial charge in [0.25, 0.3) is 0 Å². The van der Waals surface area contributed by atoms with Gasteiger partial charge in [0.1, 0.15) is 11.5 Å². The van der Waals surface area contributed by atoms with Gasteiger partial charge in [-0.05, 0) is 35.4 Å². The van der Waals surface area contributed by atoms with Crippen molar-refractivity contribution in [3.8, 4) is 11.5 Å². The van der Waals surface area contributed by atoms with Crippen molar-refractivity contribution in [1.82, 2.24) is 0 Å². The van der Waals surface area contributed by atoms with Crippen LogP contribution in [-0.4, -0.2) is 10.2 Å². The third-order valence-electron chi connectivity index (χ3n) is 2.94. The fourth-order valence-electron chi connectivity index (χ4n) is 1.81. The minimum absolute atomic E-state index is 0. The first-order chi connectivity index (χ1) is 8.58. The summed E-state index contributed by atoms with van der Waals surface area (Å²) in [5.41, 5.74) is 13.9. The van der Waals surface area contributed by atoms with E-state index in [1.807, 2.05) is 0 Å². The molecule has 0 amide bonds. The van der Waals surface area contributed by atoms with Crippen molar-refractivity contribution < 1.29 is 31.3 Å². The molecule has 0 aliphatic rings. The molecule has 0 bridgehead atoms. The Morgan fingerprint density at radius 2 is 0.895 bits per heavy atom. The van der Waals surface area contributed by atoms with E-state index in [1.165, 1.54) is 0 Å². The van der Waals surface area contributed by atoms with E-state index in [2.05, 4.69) is 0 Å². The van der Waals surface area contributed by atoms with Crippen molar-refractivity contribution in [3.63, 3.8) is 0 Å². The van der Waals surface area contributed by atoms with Crippen LogP contribution in [0.4, 0.5) is 0 Å². The van der Waals surface area contributed by atoms with Crippen molar-refractivity contribution in [2.75, 3.05) is 0 Å². The first kappa shape index (κ1) is 15.7. The summed E-state index contributed by atoms with van der Waals surface area (Å²) in [5, 5.41) is 18.4. The maximum absolute atomic E-state index is 9.22. The van der Waals surface area contributed by atoms with Crippen molar-refractivity contribution in [1.29, 1.82) is 0 Å². The Morgan fingerprint density at radius 3 is 1.16 bits per heavy atom. The molecule has 0 spiro atoms. The van der Waals surface area contributed by atoms with E-state index < -0.39 is 0 Å². The predicted octanol–water partition coefficient (Wildman–Crippen LogP) is 1.80. The Hall–Kier alpha value is -1.35. The number of aromatic hydroxyl groups is 2. The summed E-state index contributed by atoms with van der Waals surface area (Å²) in [6, 6.07) is 12.6. The minimum atomic E-state index is -0.366. The zero-order chi connectivity index (χ0) is 13.1. The first-order valence-corrected chi connectivity index (χ1v) is 5.67. The molecular formula is C14H16N2O2Pt. The van der Waals surface area contributed by atoms with Crippen LogP contribution in [0.15, 0.2) is 48.5 Å². The molecule has 2 aromatic carbocycles. The third-order valence-corrected chi connectivity index (χ3v) is 2.94. The van der Waals surface area contributed by atoms with Crippen LogP contribution >= 0.6 is 0 Å². The first-order valence-electron chi connectivity index (χ1n) is 5.67. The molecule has 0 aromatic heterocycles. The van der Waals surface area contributed by atoms with Crippen molar-refractivity contribution >= 4 is 0 Å². The summed E-state index contributed by atoms with van der Waals surface area (Å²) in [6.07, 6.45) is 0. The molecule has 0 aliphatic heterocycles. The molecule has 2 unspecified atom stereocenters. The van der Waals surface area contributed by atoms with Gasteiger partial charge in [-0.25, -0.2) is 0 Å². The second-order valence-electron chi connectivity index (χ2n) is 4.23. The smallest absolute Gasteiger partial charge is 0.115 e. The average molecular weight is 439 g/mol. The van der Waals surface area contributed by atoms with Gasteiger partial charge < -0.3 is 21.7 Å². The quantitative estimate of drug-likeness (QED) is 0.587. The van der Waals surface area contributed by atoms with E-state index in [9.17, 15) is 10.2 Å². The van der Waals surface area contributed by atoms with Crippen LogP contribution in [0.5, 0.6) is 11.5 Å². The van der Waals surface area contributed by atoms with Crippen molar-refractivity contribution in [2.24, 2.45) is 11.5 Å². The molecule has 0 aliphatic carbocycles. The van der Waals surface area contributed by atoms with Gasteiger partial charge in [-0.1, -0.05) is 24.3 Å². The molecule has 0 heterocycles. The Balaban J connectivity index is 0.00000180. The maximum Gasteiger partial charge on any atom is 0.115 e. The van der Waals surface area contributed by atoms with Gasteiger partial charge in [-0.15, -0.1) is 0 Å². The molecule has 6 N–H and O–H groups in total. The van der Waals surface area contributed by atoms with Crippen LogP contribution < -0.4 is 11.5 Å². The normalized spacial score (nSPS) is 13.4. The molecule has 2 aromatic rings. The van der Waals surface area contributed by atoms with Gasteiger partial charge in [0.05, 0.1) is 0 Å². The maximum atomic E-state index is 9.22. The summed E-state index contributed by atoms with van der Waals surface area (Å²) < 4.78 is 0. The molecule has 4 nitrogen and oxygen atoms in total.